The molecule has 0 aliphatic heterocycles. The van der Waals surface area contributed by atoms with Crippen molar-refractivity contribution in [1.82, 2.24) is 0 Å². The fraction of sp³-hybridized carbons (Fsp3) is 0.280. The summed E-state index contributed by atoms with van der Waals surface area (Å²) >= 11 is 0. The number of aryl methyl sites for hydroxylation is 2. The molecule has 0 aliphatic rings. The molecule has 0 atom stereocenters. The molecule has 2 heteroatoms. The third-order valence-electron chi connectivity index (χ3n) is 4.96. The highest BCUT2D eigenvalue weighted by Gasteiger charge is 2.21. The van der Waals surface area contributed by atoms with Crippen LogP contribution < -0.4 is 4.90 Å². The maximum atomic E-state index is 2.40. The van der Waals surface area contributed by atoms with Crippen LogP contribution in [0.1, 0.15) is 30.5 Å². The predicted octanol–water partition coefficient (Wildman–Crippen LogP) is 6.93. The second kappa shape index (κ2) is 9.14. The lowest BCUT2D eigenvalue weighted by molar-refractivity contribution is 1.21. The van der Waals surface area contributed by atoms with E-state index in [4.69, 9.17) is 0 Å². The molecule has 0 unspecified atom stereocenters. The van der Waals surface area contributed by atoms with Crippen LogP contribution >= 0.6 is 0 Å². The molecule has 140 valence electrons. The van der Waals surface area contributed by atoms with E-state index in [2.05, 4.69) is 105 Å². The van der Waals surface area contributed by atoms with Gasteiger partial charge in [-0.25, -0.2) is 0 Å². The fourth-order valence-electron chi connectivity index (χ4n) is 3.37. The van der Waals surface area contributed by atoms with Crippen molar-refractivity contribution in [3.63, 3.8) is 0 Å². The fourth-order valence-corrected chi connectivity index (χ4v) is 4.86. The molecule has 0 amide bonds. The molecule has 0 fully saturated rings. The van der Waals surface area contributed by atoms with E-state index < -0.39 is 0 Å². The molecule has 0 saturated carbocycles. The predicted molar refractivity (Wildman–Crippen MR) is 123 cm³/mol. The summed E-state index contributed by atoms with van der Waals surface area (Å²) in [7, 11) is 0.432. The molecule has 27 heavy (non-hydrogen) atoms. The van der Waals surface area contributed by atoms with Crippen LogP contribution in [0, 0.1) is 13.8 Å². The first-order chi connectivity index (χ1) is 13.1. The number of rotatable bonds is 7. The Morgan fingerprint density at radius 3 is 1.93 bits per heavy atom. The molecule has 0 spiro atoms. The average molecular weight is 377 g/mol. The summed E-state index contributed by atoms with van der Waals surface area (Å²) in [6.45, 7) is 8.97. The van der Waals surface area contributed by atoms with Crippen LogP contribution in [0.2, 0.25) is 0 Å². The molecular formula is C25H30NS+. The highest BCUT2D eigenvalue weighted by Crippen LogP contribution is 2.37. The van der Waals surface area contributed by atoms with Crippen molar-refractivity contribution in [2.24, 2.45) is 0 Å². The molecular weight excluding hydrogens is 346 g/mol. The van der Waals surface area contributed by atoms with E-state index in [1.54, 1.807) is 0 Å². The van der Waals surface area contributed by atoms with Gasteiger partial charge in [0.05, 0.1) is 5.69 Å². The molecule has 0 radical (unpaired) electrons. The van der Waals surface area contributed by atoms with E-state index in [0.717, 1.165) is 5.75 Å². The molecule has 0 aromatic heterocycles. The summed E-state index contributed by atoms with van der Waals surface area (Å²) < 4.78 is 0. The third-order valence-corrected chi connectivity index (χ3v) is 7.31. The van der Waals surface area contributed by atoms with Crippen molar-refractivity contribution < 1.29 is 0 Å². The highest BCUT2D eigenvalue weighted by atomic mass is 32.2. The smallest absolute Gasteiger partial charge is 0.135 e. The molecule has 0 saturated heterocycles. The first kappa shape index (κ1) is 19.6. The zero-order chi connectivity index (χ0) is 19.2. The quantitative estimate of drug-likeness (QED) is 0.404. The minimum absolute atomic E-state index is 0.432. The number of benzene rings is 3. The number of hydrogen-bond acceptors (Lipinski definition) is 1. The van der Waals surface area contributed by atoms with Crippen molar-refractivity contribution in [2.45, 2.75) is 33.4 Å². The number of hydrogen-bond donors (Lipinski definition) is 0. The van der Waals surface area contributed by atoms with Gasteiger partial charge in [0.25, 0.3) is 0 Å². The minimum atomic E-state index is 0.432. The maximum Gasteiger partial charge on any atom is 0.135 e. The van der Waals surface area contributed by atoms with Crippen LogP contribution in [0.15, 0.2) is 72.8 Å². The van der Waals surface area contributed by atoms with Crippen LogP contribution in [0.3, 0.4) is 0 Å². The van der Waals surface area contributed by atoms with E-state index in [0.29, 0.717) is 10.9 Å². The number of nitrogens with zero attached hydrogens (tertiary/aromatic N) is 1. The van der Waals surface area contributed by atoms with Gasteiger partial charge < -0.3 is 4.90 Å². The van der Waals surface area contributed by atoms with Crippen molar-refractivity contribution in [3.8, 4) is 0 Å². The van der Waals surface area contributed by atoms with Gasteiger partial charge in [0.1, 0.15) is 17.3 Å². The number of anilines is 3. The maximum absolute atomic E-state index is 2.40. The topological polar surface area (TPSA) is 3.24 Å². The van der Waals surface area contributed by atoms with E-state index in [-0.39, 0.29) is 0 Å². The zero-order valence-electron chi connectivity index (χ0n) is 16.9. The SMILES string of the molecule is CC[S+](CC)Cc1cc(C)ccc1N(c1ccccc1)c1ccc(C)cc1. The highest BCUT2D eigenvalue weighted by molar-refractivity contribution is 7.96. The summed E-state index contributed by atoms with van der Waals surface area (Å²) in [5, 5.41) is 0. The molecule has 3 aromatic rings. The summed E-state index contributed by atoms with van der Waals surface area (Å²) in [5.74, 6) is 3.65. The molecule has 3 aromatic carbocycles. The normalized spacial score (nSPS) is 11.0. The van der Waals surface area contributed by atoms with Gasteiger partial charge in [-0.15, -0.1) is 0 Å². The Morgan fingerprint density at radius 2 is 1.30 bits per heavy atom. The van der Waals surface area contributed by atoms with Gasteiger partial charge in [-0.1, -0.05) is 47.5 Å². The molecule has 1 nitrogen and oxygen atoms in total. The standard InChI is InChI=1S/C25H30NS/c1-5-27(6-2)19-22-18-21(4)14-17-25(22)26(23-10-8-7-9-11-23)24-15-12-20(3)13-16-24/h7-18H,5-6,19H2,1-4H3/q+1. The molecule has 0 N–H and O–H groups in total. The average Bonchev–Trinajstić information content (AvgIpc) is 2.70. The van der Waals surface area contributed by atoms with Crippen molar-refractivity contribution >= 4 is 28.0 Å². The Morgan fingerprint density at radius 1 is 0.704 bits per heavy atom. The van der Waals surface area contributed by atoms with Crippen LogP contribution in [0.25, 0.3) is 0 Å². The van der Waals surface area contributed by atoms with Crippen molar-refractivity contribution in [1.29, 1.82) is 0 Å². The number of para-hydroxylation sites is 1. The summed E-state index contributed by atoms with van der Waals surface area (Å²) in [4.78, 5) is 2.40. The second-order valence-electron chi connectivity index (χ2n) is 6.97. The Balaban J connectivity index is 2.13. The van der Waals surface area contributed by atoms with E-state index >= 15 is 0 Å². The largest absolute Gasteiger partial charge is 0.310 e. The van der Waals surface area contributed by atoms with Gasteiger partial charge in [0.2, 0.25) is 0 Å². The van der Waals surface area contributed by atoms with Crippen LogP contribution in [0.5, 0.6) is 0 Å². The first-order valence-electron chi connectivity index (χ1n) is 9.77. The second-order valence-corrected chi connectivity index (χ2v) is 9.64. The Kier molecular flexibility index (Phi) is 6.63. The zero-order valence-corrected chi connectivity index (χ0v) is 17.7. The van der Waals surface area contributed by atoms with Gasteiger partial charge >= 0.3 is 0 Å². The summed E-state index contributed by atoms with van der Waals surface area (Å²) in [5.41, 5.74) is 7.79. The molecule has 0 aliphatic carbocycles. The van der Waals surface area contributed by atoms with E-state index in [1.807, 2.05) is 0 Å². The monoisotopic (exact) mass is 376 g/mol. The van der Waals surface area contributed by atoms with Crippen LogP contribution in [0.4, 0.5) is 17.1 Å². The van der Waals surface area contributed by atoms with E-state index in [9.17, 15) is 0 Å². The lowest BCUT2D eigenvalue weighted by atomic mass is 10.1. The summed E-state index contributed by atoms with van der Waals surface area (Å²) in [6.07, 6.45) is 0. The minimum Gasteiger partial charge on any atom is -0.310 e. The van der Waals surface area contributed by atoms with Gasteiger partial charge in [0, 0.05) is 16.9 Å². The van der Waals surface area contributed by atoms with Gasteiger partial charge in [-0.2, -0.15) is 0 Å². The third kappa shape index (κ3) is 4.75. The molecule has 3 rings (SSSR count). The molecule has 0 bridgehead atoms. The first-order valence-corrected chi connectivity index (χ1v) is 11.5. The van der Waals surface area contributed by atoms with Gasteiger partial charge in [0.15, 0.2) is 0 Å². The Hall–Kier alpha value is -2.19. The van der Waals surface area contributed by atoms with Gasteiger partial charge in [-0.3, -0.25) is 0 Å². The van der Waals surface area contributed by atoms with Gasteiger partial charge in [-0.05, 0) is 75.0 Å². The Labute approximate surface area is 167 Å². The van der Waals surface area contributed by atoms with Crippen molar-refractivity contribution in [2.75, 3.05) is 16.4 Å². The molecule has 0 heterocycles. The lowest BCUT2D eigenvalue weighted by Gasteiger charge is -2.28. The lowest BCUT2D eigenvalue weighted by Crippen LogP contribution is -2.16. The Bertz CT molecular complexity index is 851. The van der Waals surface area contributed by atoms with Crippen LogP contribution in [-0.4, -0.2) is 11.5 Å². The van der Waals surface area contributed by atoms with Crippen molar-refractivity contribution in [3.05, 3.63) is 89.5 Å². The summed E-state index contributed by atoms with van der Waals surface area (Å²) in [6, 6.07) is 26.5. The van der Waals surface area contributed by atoms with Crippen LogP contribution in [-0.2, 0) is 16.6 Å². The van der Waals surface area contributed by atoms with E-state index in [1.165, 1.54) is 45.3 Å².